The van der Waals surface area contributed by atoms with Crippen molar-refractivity contribution in [3.63, 3.8) is 0 Å². The fraction of sp³-hybridized carbons (Fsp3) is 0.462. The van der Waals surface area contributed by atoms with E-state index in [1.54, 1.807) is 17.4 Å². The molecule has 0 aliphatic carbocycles. The summed E-state index contributed by atoms with van der Waals surface area (Å²) >= 11 is 1.72. The van der Waals surface area contributed by atoms with E-state index in [9.17, 15) is 0 Å². The summed E-state index contributed by atoms with van der Waals surface area (Å²) < 4.78 is 5.52. The van der Waals surface area contributed by atoms with Gasteiger partial charge in [-0.25, -0.2) is 15.0 Å². The van der Waals surface area contributed by atoms with E-state index in [2.05, 4.69) is 27.2 Å². The first-order valence-corrected chi connectivity index (χ1v) is 7.15. The third kappa shape index (κ3) is 4.17. The van der Waals surface area contributed by atoms with Crippen molar-refractivity contribution < 1.29 is 4.74 Å². The topological polar surface area (TPSA) is 59.9 Å². The van der Waals surface area contributed by atoms with Gasteiger partial charge in [-0.05, 0) is 20.3 Å². The second kappa shape index (κ2) is 6.47. The molecular weight excluding hydrogens is 260 g/mol. The maximum Gasteiger partial charge on any atom is 0.218 e. The summed E-state index contributed by atoms with van der Waals surface area (Å²) in [6.07, 6.45) is 4.56. The van der Waals surface area contributed by atoms with Gasteiger partial charge in [0.15, 0.2) is 0 Å². The van der Waals surface area contributed by atoms with Crippen LogP contribution in [0.1, 0.15) is 30.7 Å². The lowest BCUT2D eigenvalue weighted by atomic mass is 10.4. The molecule has 2 rings (SSSR count). The maximum atomic E-state index is 5.52. The number of aromatic nitrogens is 3. The van der Waals surface area contributed by atoms with E-state index in [0.717, 1.165) is 17.2 Å². The maximum absolute atomic E-state index is 5.52. The quantitative estimate of drug-likeness (QED) is 0.880. The largest absolute Gasteiger partial charge is 0.475 e. The van der Waals surface area contributed by atoms with Crippen LogP contribution in [0, 0.1) is 0 Å². The molecule has 0 aliphatic rings. The van der Waals surface area contributed by atoms with Crippen molar-refractivity contribution >= 4 is 17.2 Å². The number of anilines is 1. The highest BCUT2D eigenvalue weighted by atomic mass is 32.1. The molecule has 0 saturated heterocycles. The molecule has 19 heavy (non-hydrogen) atoms. The van der Waals surface area contributed by atoms with Crippen LogP contribution in [0.15, 0.2) is 18.6 Å². The van der Waals surface area contributed by atoms with Crippen molar-refractivity contribution in [1.29, 1.82) is 0 Å². The minimum Gasteiger partial charge on any atom is -0.475 e. The summed E-state index contributed by atoms with van der Waals surface area (Å²) in [4.78, 5) is 13.9. The molecular formula is C13H18N4OS. The number of nitrogens with one attached hydrogen (secondary N) is 1. The molecule has 6 heteroatoms. The van der Waals surface area contributed by atoms with Crippen molar-refractivity contribution in [2.45, 2.75) is 39.8 Å². The molecule has 0 amide bonds. The third-order valence-electron chi connectivity index (χ3n) is 2.37. The Morgan fingerprint density at radius 3 is 2.84 bits per heavy atom. The highest BCUT2D eigenvalue weighted by molar-refractivity contribution is 7.11. The zero-order chi connectivity index (χ0) is 13.7. The van der Waals surface area contributed by atoms with Gasteiger partial charge in [-0.3, -0.25) is 0 Å². The second-order valence-corrected chi connectivity index (χ2v) is 5.54. The van der Waals surface area contributed by atoms with Crippen LogP contribution < -0.4 is 10.1 Å². The molecule has 0 aromatic carbocycles. The van der Waals surface area contributed by atoms with Crippen LogP contribution in [-0.4, -0.2) is 21.1 Å². The molecule has 0 atom stereocenters. The molecule has 1 N–H and O–H groups in total. The third-order valence-corrected chi connectivity index (χ3v) is 3.51. The molecule has 102 valence electrons. The summed E-state index contributed by atoms with van der Waals surface area (Å²) in [5.74, 6) is 1.33. The van der Waals surface area contributed by atoms with Crippen LogP contribution in [0.2, 0.25) is 0 Å². The minimum atomic E-state index is 0.105. The van der Waals surface area contributed by atoms with Gasteiger partial charge < -0.3 is 10.1 Å². The lowest BCUT2D eigenvalue weighted by Crippen LogP contribution is -2.08. The number of hydrogen-bond acceptors (Lipinski definition) is 6. The first-order valence-electron chi connectivity index (χ1n) is 6.33. The predicted octanol–water partition coefficient (Wildman–Crippen LogP) is 2.89. The second-order valence-electron chi connectivity index (χ2n) is 4.34. The van der Waals surface area contributed by atoms with E-state index in [0.29, 0.717) is 12.4 Å². The first-order chi connectivity index (χ1) is 9.17. The Morgan fingerprint density at radius 1 is 1.32 bits per heavy atom. The molecule has 2 heterocycles. The van der Waals surface area contributed by atoms with Crippen molar-refractivity contribution in [2.75, 3.05) is 5.32 Å². The number of aryl methyl sites for hydroxylation is 1. The Hall–Kier alpha value is -1.69. The summed E-state index contributed by atoms with van der Waals surface area (Å²) in [6.45, 7) is 6.74. The molecule has 5 nitrogen and oxygen atoms in total. The van der Waals surface area contributed by atoms with Gasteiger partial charge in [0.25, 0.3) is 0 Å². The van der Waals surface area contributed by atoms with E-state index < -0.39 is 0 Å². The molecule has 2 aromatic heterocycles. The predicted molar refractivity (Wildman–Crippen MR) is 76.6 cm³/mol. The summed E-state index contributed by atoms with van der Waals surface area (Å²) in [7, 11) is 0. The van der Waals surface area contributed by atoms with Gasteiger partial charge in [0.1, 0.15) is 17.2 Å². The van der Waals surface area contributed by atoms with E-state index in [-0.39, 0.29) is 6.10 Å². The zero-order valence-corrected chi connectivity index (χ0v) is 12.2. The van der Waals surface area contributed by atoms with Crippen LogP contribution in [-0.2, 0) is 13.0 Å². The zero-order valence-electron chi connectivity index (χ0n) is 11.4. The fourth-order valence-corrected chi connectivity index (χ4v) is 2.30. The van der Waals surface area contributed by atoms with Crippen molar-refractivity contribution in [3.05, 3.63) is 28.5 Å². The van der Waals surface area contributed by atoms with Crippen LogP contribution in [0.5, 0.6) is 5.88 Å². The molecule has 0 unspecified atom stereocenters. The Labute approximate surface area is 117 Å². The SMILES string of the molecule is CCc1cnc(CNc2cc(OC(C)C)ncn2)s1. The van der Waals surface area contributed by atoms with Crippen LogP contribution in [0.3, 0.4) is 0 Å². The van der Waals surface area contributed by atoms with E-state index in [1.807, 2.05) is 20.0 Å². The number of thiazole rings is 1. The average molecular weight is 278 g/mol. The monoisotopic (exact) mass is 278 g/mol. The van der Waals surface area contributed by atoms with Crippen molar-refractivity contribution in [3.8, 4) is 5.88 Å². The van der Waals surface area contributed by atoms with Gasteiger partial charge >= 0.3 is 0 Å². The molecule has 0 aliphatic heterocycles. The molecule has 0 fully saturated rings. The van der Waals surface area contributed by atoms with Gasteiger partial charge in [0, 0.05) is 17.1 Å². The Kier molecular flexibility index (Phi) is 4.68. The number of ether oxygens (including phenoxy) is 1. The molecule has 0 saturated carbocycles. The standard InChI is InChI=1S/C13H18N4OS/c1-4-10-6-15-13(19-10)7-14-11-5-12(17-8-16-11)18-9(2)3/h5-6,8-9H,4,7H2,1-3H3,(H,14,16,17). The Balaban J connectivity index is 1.95. The first kappa shape index (κ1) is 13.7. The fourth-order valence-electron chi connectivity index (χ4n) is 1.50. The van der Waals surface area contributed by atoms with E-state index >= 15 is 0 Å². The van der Waals surface area contributed by atoms with Gasteiger partial charge in [0.05, 0.1) is 12.6 Å². The van der Waals surface area contributed by atoms with E-state index in [4.69, 9.17) is 4.74 Å². The normalized spacial score (nSPS) is 10.7. The van der Waals surface area contributed by atoms with Crippen LogP contribution in [0.4, 0.5) is 5.82 Å². The minimum absolute atomic E-state index is 0.105. The smallest absolute Gasteiger partial charge is 0.218 e. The molecule has 0 spiro atoms. The van der Waals surface area contributed by atoms with Crippen molar-refractivity contribution in [1.82, 2.24) is 15.0 Å². The lowest BCUT2D eigenvalue weighted by molar-refractivity contribution is 0.232. The summed E-state index contributed by atoms with van der Waals surface area (Å²) in [5.41, 5.74) is 0. The summed E-state index contributed by atoms with van der Waals surface area (Å²) in [5, 5.41) is 4.29. The van der Waals surface area contributed by atoms with Gasteiger partial charge in [-0.15, -0.1) is 11.3 Å². The van der Waals surface area contributed by atoms with Crippen LogP contribution >= 0.6 is 11.3 Å². The number of hydrogen-bond donors (Lipinski definition) is 1. The molecule has 2 aromatic rings. The molecule has 0 bridgehead atoms. The Morgan fingerprint density at radius 2 is 2.16 bits per heavy atom. The van der Waals surface area contributed by atoms with Gasteiger partial charge in [-0.1, -0.05) is 6.92 Å². The Bertz CT molecular complexity index is 527. The number of nitrogens with zero attached hydrogens (tertiary/aromatic N) is 3. The van der Waals surface area contributed by atoms with Crippen LogP contribution in [0.25, 0.3) is 0 Å². The lowest BCUT2D eigenvalue weighted by Gasteiger charge is -2.09. The van der Waals surface area contributed by atoms with Gasteiger partial charge in [0.2, 0.25) is 5.88 Å². The van der Waals surface area contributed by atoms with Crippen molar-refractivity contribution in [2.24, 2.45) is 0 Å². The molecule has 0 radical (unpaired) electrons. The highest BCUT2D eigenvalue weighted by Crippen LogP contribution is 2.16. The summed E-state index contributed by atoms with van der Waals surface area (Å²) in [6, 6.07) is 1.80. The average Bonchev–Trinajstić information content (AvgIpc) is 2.84. The number of rotatable bonds is 6. The highest BCUT2D eigenvalue weighted by Gasteiger charge is 2.04. The van der Waals surface area contributed by atoms with E-state index in [1.165, 1.54) is 11.2 Å². The van der Waals surface area contributed by atoms with Gasteiger partial charge in [-0.2, -0.15) is 0 Å².